The van der Waals surface area contributed by atoms with Gasteiger partial charge in [-0.3, -0.25) is 10.1 Å². The van der Waals surface area contributed by atoms with Crippen LogP contribution in [0.25, 0.3) is 0 Å². The van der Waals surface area contributed by atoms with Crippen molar-refractivity contribution in [3.05, 3.63) is 24.3 Å². The van der Waals surface area contributed by atoms with E-state index in [9.17, 15) is 9.59 Å². The van der Waals surface area contributed by atoms with Gasteiger partial charge in [-0.05, 0) is 25.0 Å². The molecule has 0 atom stereocenters. The summed E-state index contributed by atoms with van der Waals surface area (Å²) in [5.41, 5.74) is 0.620. The number of amides is 3. The van der Waals surface area contributed by atoms with Gasteiger partial charge in [-0.15, -0.1) is 10.2 Å². The van der Waals surface area contributed by atoms with E-state index >= 15 is 0 Å². The van der Waals surface area contributed by atoms with Gasteiger partial charge in [0.1, 0.15) is 5.75 Å². The third kappa shape index (κ3) is 6.10. The molecule has 1 saturated carbocycles. The summed E-state index contributed by atoms with van der Waals surface area (Å²) >= 11 is 2.51. The number of benzene rings is 1. The summed E-state index contributed by atoms with van der Waals surface area (Å²) in [5, 5.41) is 16.9. The Morgan fingerprint density at radius 2 is 1.96 bits per heavy atom. The first-order valence-corrected chi connectivity index (χ1v) is 10.9. The summed E-state index contributed by atoms with van der Waals surface area (Å²) in [5.74, 6) is 0.613. The number of carbonyl (C=O) groups excluding carboxylic acids is 2. The van der Waals surface area contributed by atoms with Gasteiger partial charge in [-0.25, -0.2) is 4.79 Å². The molecule has 1 aliphatic rings. The third-order valence-corrected chi connectivity index (χ3v) is 6.25. The van der Waals surface area contributed by atoms with Gasteiger partial charge in [0.2, 0.25) is 11.0 Å². The number of hydrogen-bond donors (Lipinski definition) is 3. The van der Waals surface area contributed by atoms with Gasteiger partial charge in [-0.2, -0.15) is 0 Å². The molecule has 0 unspecified atom stereocenters. The lowest BCUT2D eigenvalue weighted by molar-refractivity contribution is -0.113. The standard InChI is InChI=1S/C18H23N5O3S2/c1-26-14-10-6-5-9-13(14)20-15(24)11-27-18-23-22-17(28-18)21-16(25)19-12-7-3-2-4-8-12/h5-6,9-10,12H,2-4,7-8,11H2,1H3,(H,20,24)(H2,19,21,22,25). The second-order valence-corrected chi connectivity index (χ2v) is 8.54. The van der Waals surface area contributed by atoms with E-state index in [1.807, 2.05) is 12.1 Å². The second kappa shape index (κ2) is 10.3. The normalized spacial score (nSPS) is 14.3. The fourth-order valence-electron chi connectivity index (χ4n) is 2.95. The third-order valence-electron chi connectivity index (χ3n) is 4.28. The lowest BCUT2D eigenvalue weighted by Crippen LogP contribution is -2.38. The molecule has 3 N–H and O–H groups in total. The maximum Gasteiger partial charge on any atom is 0.321 e. The van der Waals surface area contributed by atoms with Crippen LogP contribution in [0.15, 0.2) is 28.6 Å². The van der Waals surface area contributed by atoms with Gasteiger partial charge in [0, 0.05) is 6.04 Å². The van der Waals surface area contributed by atoms with Crippen molar-refractivity contribution >= 4 is 45.9 Å². The van der Waals surface area contributed by atoms with Crippen LogP contribution in [0, 0.1) is 0 Å². The number of rotatable bonds is 7. The van der Waals surface area contributed by atoms with Crippen LogP contribution in [0.1, 0.15) is 32.1 Å². The monoisotopic (exact) mass is 421 g/mol. The quantitative estimate of drug-likeness (QED) is 0.465. The highest BCUT2D eigenvalue weighted by molar-refractivity contribution is 8.01. The SMILES string of the molecule is COc1ccccc1NC(=O)CSc1nnc(NC(=O)NC2CCCCC2)s1. The Hall–Kier alpha value is -2.33. The van der Waals surface area contributed by atoms with Crippen molar-refractivity contribution in [2.45, 2.75) is 42.5 Å². The highest BCUT2D eigenvalue weighted by Gasteiger charge is 2.17. The first-order chi connectivity index (χ1) is 13.6. The zero-order chi connectivity index (χ0) is 19.8. The minimum atomic E-state index is -0.256. The molecule has 1 aliphatic carbocycles. The summed E-state index contributed by atoms with van der Waals surface area (Å²) in [6.45, 7) is 0. The van der Waals surface area contributed by atoms with Crippen LogP contribution < -0.4 is 20.7 Å². The molecule has 1 fully saturated rings. The molecule has 1 aromatic heterocycles. The first kappa shape index (κ1) is 20.4. The molecule has 10 heteroatoms. The van der Waals surface area contributed by atoms with E-state index in [0.717, 1.165) is 25.7 Å². The van der Waals surface area contributed by atoms with Crippen LogP contribution in [-0.4, -0.2) is 41.0 Å². The minimum absolute atomic E-state index is 0.172. The van der Waals surface area contributed by atoms with Crippen molar-refractivity contribution in [3.63, 3.8) is 0 Å². The van der Waals surface area contributed by atoms with Crippen LogP contribution >= 0.6 is 23.1 Å². The lowest BCUT2D eigenvalue weighted by atomic mass is 9.96. The minimum Gasteiger partial charge on any atom is -0.495 e. The zero-order valence-electron chi connectivity index (χ0n) is 15.6. The number of urea groups is 1. The molecule has 3 amide bonds. The van der Waals surface area contributed by atoms with Crippen LogP contribution in [0.2, 0.25) is 0 Å². The van der Waals surface area contributed by atoms with Crippen LogP contribution in [0.5, 0.6) is 5.75 Å². The van der Waals surface area contributed by atoms with Crippen LogP contribution in [0.4, 0.5) is 15.6 Å². The van der Waals surface area contributed by atoms with E-state index in [-0.39, 0.29) is 23.7 Å². The van der Waals surface area contributed by atoms with Crippen molar-refractivity contribution in [2.75, 3.05) is 23.5 Å². The Labute approximate surface area is 171 Å². The highest BCUT2D eigenvalue weighted by Crippen LogP contribution is 2.27. The summed E-state index contributed by atoms with van der Waals surface area (Å²) in [4.78, 5) is 24.2. The Morgan fingerprint density at radius 1 is 1.18 bits per heavy atom. The Morgan fingerprint density at radius 3 is 2.75 bits per heavy atom. The fourth-order valence-corrected chi connectivity index (χ4v) is 4.49. The molecule has 1 heterocycles. The Kier molecular flexibility index (Phi) is 7.49. The van der Waals surface area contributed by atoms with Crippen LogP contribution in [0.3, 0.4) is 0 Å². The van der Waals surface area contributed by atoms with Gasteiger partial charge in [0.05, 0.1) is 18.6 Å². The number of nitrogens with one attached hydrogen (secondary N) is 3. The maximum absolute atomic E-state index is 12.1. The molecule has 8 nitrogen and oxygen atoms in total. The molecular formula is C18H23N5O3S2. The van der Waals surface area contributed by atoms with Gasteiger partial charge < -0.3 is 15.4 Å². The highest BCUT2D eigenvalue weighted by atomic mass is 32.2. The first-order valence-electron chi connectivity index (χ1n) is 9.10. The maximum atomic E-state index is 12.1. The van der Waals surface area contributed by atoms with E-state index in [4.69, 9.17) is 4.74 Å². The molecule has 28 heavy (non-hydrogen) atoms. The number of anilines is 2. The molecule has 0 aliphatic heterocycles. The number of thioether (sulfide) groups is 1. The second-order valence-electron chi connectivity index (χ2n) is 6.34. The average molecular weight is 422 g/mol. The van der Waals surface area contributed by atoms with E-state index < -0.39 is 0 Å². The summed E-state index contributed by atoms with van der Waals surface area (Å²) in [6, 6.07) is 7.20. The van der Waals surface area contributed by atoms with E-state index in [2.05, 4.69) is 26.1 Å². The van der Waals surface area contributed by atoms with Crippen molar-refractivity contribution in [1.82, 2.24) is 15.5 Å². The van der Waals surface area contributed by atoms with Crippen molar-refractivity contribution in [2.24, 2.45) is 0 Å². The number of hydrogen-bond acceptors (Lipinski definition) is 7. The molecule has 150 valence electrons. The number of nitrogens with zero attached hydrogens (tertiary/aromatic N) is 2. The van der Waals surface area contributed by atoms with Gasteiger partial charge >= 0.3 is 6.03 Å². The Bertz CT molecular complexity index is 808. The van der Waals surface area contributed by atoms with Gasteiger partial charge in [-0.1, -0.05) is 54.5 Å². The molecule has 0 saturated heterocycles. The smallest absolute Gasteiger partial charge is 0.321 e. The largest absolute Gasteiger partial charge is 0.495 e. The predicted octanol–water partition coefficient (Wildman–Crippen LogP) is 3.73. The number of para-hydroxylation sites is 2. The number of ether oxygens (including phenoxy) is 1. The molecule has 1 aromatic carbocycles. The van der Waals surface area contributed by atoms with Crippen molar-refractivity contribution < 1.29 is 14.3 Å². The van der Waals surface area contributed by atoms with Crippen molar-refractivity contribution in [3.8, 4) is 5.75 Å². The molecule has 2 aromatic rings. The predicted molar refractivity (Wildman–Crippen MR) is 111 cm³/mol. The molecule has 3 rings (SSSR count). The lowest BCUT2D eigenvalue weighted by Gasteiger charge is -2.22. The summed E-state index contributed by atoms with van der Waals surface area (Å²) < 4.78 is 5.83. The molecule has 0 bridgehead atoms. The summed E-state index contributed by atoms with van der Waals surface area (Å²) in [7, 11) is 1.56. The zero-order valence-corrected chi connectivity index (χ0v) is 17.2. The number of aromatic nitrogens is 2. The fraction of sp³-hybridized carbons (Fsp3) is 0.444. The number of carbonyl (C=O) groups is 2. The summed E-state index contributed by atoms with van der Waals surface area (Å²) in [6.07, 6.45) is 5.59. The molecular weight excluding hydrogens is 398 g/mol. The average Bonchev–Trinajstić information content (AvgIpc) is 3.14. The van der Waals surface area contributed by atoms with Crippen molar-refractivity contribution in [1.29, 1.82) is 0 Å². The molecule has 0 spiro atoms. The topological polar surface area (TPSA) is 105 Å². The van der Waals surface area contributed by atoms with E-state index in [0.29, 0.717) is 20.9 Å². The Balaban J connectivity index is 1.43. The number of methoxy groups -OCH3 is 1. The molecule has 0 radical (unpaired) electrons. The van der Waals surface area contributed by atoms with Gasteiger partial charge in [0.25, 0.3) is 0 Å². The van der Waals surface area contributed by atoms with Crippen LogP contribution in [-0.2, 0) is 4.79 Å². The van der Waals surface area contributed by atoms with Gasteiger partial charge in [0.15, 0.2) is 4.34 Å². The van der Waals surface area contributed by atoms with E-state index in [1.54, 1.807) is 19.2 Å². The van der Waals surface area contributed by atoms with E-state index in [1.165, 1.54) is 29.5 Å².